The molecule has 22 heteroatoms. The topological polar surface area (TPSA) is 286 Å². The molecule has 2 rings (SSSR count). The average molecular weight is 765 g/mol. The van der Waals surface area contributed by atoms with Crippen molar-refractivity contribution in [3.63, 3.8) is 0 Å². The lowest BCUT2D eigenvalue weighted by Gasteiger charge is -2.42. The normalized spacial score (nSPS) is 30.5. The Hall–Kier alpha value is -2.16. The lowest BCUT2D eigenvalue weighted by atomic mass is 9.98. The van der Waals surface area contributed by atoms with E-state index < -0.39 is 95.1 Å². The van der Waals surface area contributed by atoms with E-state index in [9.17, 15) is 43.2 Å². The van der Waals surface area contributed by atoms with Crippen molar-refractivity contribution >= 4 is 27.9 Å². The van der Waals surface area contributed by atoms with Crippen molar-refractivity contribution in [1.82, 2.24) is 10.6 Å². The number of methoxy groups -OCH3 is 2. The van der Waals surface area contributed by atoms with E-state index >= 15 is 0 Å². The number of carboxylic acid groups (broad SMARTS) is 1. The molecule has 2 heterocycles. The number of ether oxygens (including phenoxy) is 6. The SMILES string of the molecule is COC1OC(C(=O)NCC[N+](C)(C)CC(=O)O)C(OCCOC2OC(C(=O)NCC[N+](C)(C)CCCS(=O)(=O)O)[C@H](OC)C(O)C2O)C(O)C1O. The van der Waals surface area contributed by atoms with Gasteiger partial charge in [-0.3, -0.25) is 14.1 Å². The summed E-state index contributed by atoms with van der Waals surface area (Å²) in [5.74, 6) is -2.81. The van der Waals surface area contributed by atoms with Crippen LogP contribution in [0.15, 0.2) is 0 Å². The van der Waals surface area contributed by atoms with Gasteiger partial charge in [-0.1, -0.05) is 0 Å². The molecular weight excluding hydrogens is 708 g/mol. The van der Waals surface area contributed by atoms with Gasteiger partial charge in [0.25, 0.3) is 21.9 Å². The molecule has 298 valence electrons. The van der Waals surface area contributed by atoms with Crippen LogP contribution in [0.4, 0.5) is 0 Å². The van der Waals surface area contributed by atoms with Crippen molar-refractivity contribution in [1.29, 1.82) is 0 Å². The third-order valence-electron chi connectivity index (χ3n) is 8.55. The van der Waals surface area contributed by atoms with Crippen molar-refractivity contribution in [3.05, 3.63) is 0 Å². The van der Waals surface area contributed by atoms with Gasteiger partial charge in [-0.05, 0) is 0 Å². The number of amides is 2. The van der Waals surface area contributed by atoms with Crippen LogP contribution in [0.3, 0.4) is 0 Å². The standard InChI is InChI=1S/C29H54N4O17S/c1-32(2,10-7-15-51(42,43)44)11-8-30-26(40)24-22(45-5)18(36)21(39)29(50-24)48-14-13-47-23-19(37)20(38)28(46-6)49-25(23)27(41)31-9-12-33(3,4)16-17(34)35/h18-25,28-29,36-39H,7-16H2,1-6H3,(H2-2,30,31,34,35,40,41,42,43,44)/p+2/t18?,19?,20?,21?,22-,23?,24?,25?,28?,29?/m1/s1. The molecule has 8 N–H and O–H groups in total. The summed E-state index contributed by atoms with van der Waals surface area (Å²) in [4.78, 5) is 37.3. The minimum Gasteiger partial charge on any atom is -0.477 e. The van der Waals surface area contributed by atoms with E-state index in [0.717, 1.165) is 0 Å². The molecule has 0 aromatic heterocycles. The maximum atomic E-state index is 13.1. The fraction of sp³-hybridized carbons (Fsp3) is 0.897. The number of quaternary nitrogens is 2. The van der Waals surface area contributed by atoms with Crippen molar-refractivity contribution in [2.75, 3.05) is 101 Å². The molecule has 2 aliphatic rings. The molecule has 51 heavy (non-hydrogen) atoms. The predicted molar refractivity (Wildman–Crippen MR) is 173 cm³/mol. The average Bonchev–Trinajstić information content (AvgIpc) is 3.01. The third kappa shape index (κ3) is 14.3. The lowest BCUT2D eigenvalue weighted by Crippen LogP contribution is -2.63. The van der Waals surface area contributed by atoms with Gasteiger partial charge in [-0.2, -0.15) is 8.42 Å². The Bertz CT molecular complexity index is 1240. The largest absolute Gasteiger partial charge is 0.477 e. The van der Waals surface area contributed by atoms with Crippen molar-refractivity contribution < 1.29 is 90.3 Å². The molecule has 21 nitrogen and oxygen atoms in total. The quantitative estimate of drug-likeness (QED) is 0.0308. The summed E-state index contributed by atoms with van der Waals surface area (Å²) in [6.07, 6.45) is -14.8. The minimum atomic E-state index is -4.09. The van der Waals surface area contributed by atoms with Crippen LogP contribution in [-0.4, -0.2) is 227 Å². The van der Waals surface area contributed by atoms with Gasteiger partial charge in [0.2, 0.25) is 0 Å². The highest BCUT2D eigenvalue weighted by Gasteiger charge is 2.50. The van der Waals surface area contributed by atoms with Gasteiger partial charge in [-0.25, -0.2) is 4.79 Å². The van der Waals surface area contributed by atoms with E-state index in [2.05, 4.69) is 10.6 Å². The van der Waals surface area contributed by atoms with E-state index in [4.69, 9.17) is 38.1 Å². The molecule has 10 atom stereocenters. The maximum Gasteiger partial charge on any atom is 0.359 e. The number of aliphatic hydroxyl groups is 4. The van der Waals surface area contributed by atoms with E-state index in [0.29, 0.717) is 17.6 Å². The van der Waals surface area contributed by atoms with Gasteiger partial charge in [0.05, 0.1) is 79.9 Å². The number of aliphatic hydroxyl groups excluding tert-OH is 4. The second kappa shape index (κ2) is 19.8. The summed E-state index contributed by atoms with van der Waals surface area (Å²) < 4.78 is 64.1. The Labute approximate surface area is 297 Å². The number of likely N-dealkylation sites (N-methyl/N-ethyl adjacent to an activating group) is 2. The first-order valence-corrected chi connectivity index (χ1v) is 17.9. The molecule has 2 fully saturated rings. The number of carboxylic acids is 1. The predicted octanol–water partition coefficient (Wildman–Crippen LogP) is -5.31. The Morgan fingerprint density at radius 1 is 0.706 bits per heavy atom. The summed E-state index contributed by atoms with van der Waals surface area (Å²) in [5.41, 5.74) is 0. The van der Waals surface area contributed by atoms with Crippen LogP contribution in [0.2, 0.25) is 0 Å². The Kier molecular flexibility index (Phi) is 17.5. The minimum absolute atomic E-state index is 0.0511. The van der Waals surface area contributed by atoms with E-state index in [1.807, 2.05) is 14.1 Å². The molecule has 0 saturated carbocycles. The van der Waals surface area contributed by atoms with Gasteiger partial charge < -0.3 is 73.6 Å². The second-order valence-electron chi connectivity index (χ2n) is 13.8. The summed E-state index contributed by atoms with van der Waals surface area (Å²) in [5, 5.41) is 56.9. The zero-order valence-corrected chi connectivity index (χ0v) is 30.6. The molecule has 2 amide bonds. The summed E-state index contributed by atoms with van der Waals surface area (Å²) in [6, 6.07) is 0. The van der Waals surface area contributed by atoms with E-state index in [-0.39, 0.29) is 50.3 Å². The zero-order valence-electron chi connectivity index (χ0n) is 29.8. The molecule has 2 aliphatic heterocycles. The first-order chi connectivity index (χ1) is 23.6. The second-order valence-corrected chi connectivity index (χ2v) is 15.3. The number of carbonyl (C=O) groups excluding carboxylic acids is 2. The highest BCUT2D eigenvalue weighted by atomic mass is 32.2. The van der Waals surface area contributed by atoms with Crippen LogP contribution in [0.1, 0.15) is 6.42 Å². The first kappa shape index (κ1) is 45.0. The molecular formula is C29H56N4O17S+2. The van der Waals surface area contributed by atoms with Crippen LogP contribution in [0, 0.1) is 0 Å². The Morgan fingerprint density at radius 3 is 1.73 bits per heavy atom. The molecule has 0 spiro atoms. The molecule has 0 aliphatic carbocycles. The lowest BCUT2D eigenvalue weighted by molar-refractivity contribution is -0.889. The third-order valence-corrected chi connectivity index (χ3v) is 9.35. The van der Waals surface area contributed by atoms with Crippen LogP contribution in [0.5, 0.6) is 0 Å². The Balaban J connectivity index is 1.98. The smallest absolute Gasteiger partial charge is 0.359 e. The van der Waals surface area contributed by atoms with Gasteiger partial charge >= 0.3 is 5.97 Å². The number of rotatable bonds is 21. The summed E-state index contributed by atoms with van der Waals surface area (Å²) in [7, 11) is 5.30. The fourth-order valence-electron chi connectivity index (χ4n) is 5.62. The van der Waals surface area contributed by atoms with Gasteiger partial charge in [0, 0.05) is 20.6 Å². The van der Waals surface area contributed by atoms with Gasteiger partial charge in [-0.15, -0.1) is 0 Å². The van der Waals surface area contributed by atoms with Gasteiger partial charge in [0.15, 0.2) is 31.3 Å². The van der Waals surface area contributed by atoms with Gasteiger partial charge in [0.1, 0.15) is 36.6 Å². The van der Waals surface area contributed by atoms with E-state index in [1.54, 1.807) is 14.1 Å². The number of hydrogen-bond donors (Lipinski definition) is 8. The number of nitrogens with zero attached hydrogens (tertiary/aromatic N) is 2. The molecule has 9 unspecified atom stereocenters. The molecule has 0 aromatic carbocycles. The highest BCUT2D eigenvalue weighted by Crippen LogP contribution is 2.26. The molecule has 0 radical (unpaired) electrons. The van der Waals surface area contributed by atoms with Crippen LogP contribution >= 0.6 is 0 Å². The summed E-state index contributed by atoms with van der Waals surface area (Å²) >= 11 is 0. The highest BCUT2D eigenvalue weighted by molar-refractivity contribution is 7.85. The van der Waals surface area contributed by atoms with Crippen molar-refractivity contribution in [2.45, 2.75) is 67.8 Å². The number of aliphatic carboxylic acids is 1. The molecule has 0 bridgehead atoms. The number of nitrogens with one attached hydrogen (secondary N) is 2. The first-order valence-electron chi connectivity index (χ1n) is 16.3. The van der Waals surface area contributed by atoms with E-state index in [1.165, 1.54) is 14.2 Å². The maximum absolute atomic E-state index is 13.1. The monoisotopic (exact) mass is 764 g/mol. The van der Waals surface area contributed by atoms with Crippen molar-refractivity contribution in [3.8, 4) is 0 Å². The molecule has 2 saturated heterocycles. The fourth-order valence-corrected chi connectivity index (χ4v) is 6.12. The van der Waals surface area contributed by atoms with Crippen LogP contribution < -0.4 is 10.6 Å². The molecule has 0 aromatic rings. The Morgan fingerprint density at radius 2 is 1.20 bits per heavy atom. The van der Waals surface area contributed by atoms with Crippen molar-refractivity contribution in [2.24, 2.45) is 0 Å². The summed E-state index contributed by atoms with van der Waals surface area (Å²) in [6.45, 7) is 0.315. The number of carbonyl (C=O) groups is 3. The zero-order chi connectivity index (χ0) is 38.7. The van der Waals surface area contributed by atoms with Crippen LogP contribution in [0.25, 0.3) is 0 Å². The van der Waals surface area contributed by atoms with Crippen LogP contribution in [-0.2, 0) is 52.9 Å². The number of hydrogen-bond acceptors (Lipinski definition) is 15.